The zero-order valence-electron chi connectivity index (χ0n) is 10.8. The third-order valence-corrected chi connectivity index (χ3v) is 4.02. The molecule has 0 bridgehead atoms. The second kappa shape index (κ2) is 5.02. The first-order chi connectivity index (χ1) is 9.27. The fourth-order valence-corrected chi connectivity index (χ4v) is 3.11. The number of aliphatic carboxylic acids is 1. The van der Waals surface area contributed by atoms with Gasteiger partial charge >= 0.3 is 0 Å². The van der Waals surface area contributed by atoms with Gasteiger partial charge in [-0.05, 0) is 30.6 Å². The van der Waals surface area contributed by atoms with Crippen LogP contribution in [0.1, 0.15) is 24.8 Å². The minimum atomic E-state index is -0.974. The summed E-state index contributed by atoms with van der Waals surface area (Å²) >= 11 is 0. The number of allylic oxidation sites excluding steroid dienone is 3. The average Bonchev–Trinajstić information content (AvgIpc) is 2.46. The summed E-state index contributed by atoms with van der Waals surface area (Å²) in [6.07, 6.45) is 7.29. The molecule has 0 amide bonds. The van der Waals surface area contributed by atoms with Crippen LogP contribution in [0.4, 0.5) is 0 Å². The molecule has 0 aromatic heterocycles. The number of benzene rings is 1. The van der Waals surface area contributed by atoms with Gasteiger partial charge in [-0.2, -0.15) is 0 Å². The van der Waals surface area contributed by atoms with Crippen molar-refractivity contribution in [2.45, 2.75) is 25.3 Å². The summed E-state index contributed by atoms with van der Waals surface area (Å²) in [4.78, 5) is 12.7. The molecule has 3 nitrogen and oxygen atoms in total. The van der Waals surface area contributed by atoms with Gasteiger partial charge < -0.3 is 9.90 Å². The SMILES string of the molecule is O=C([O-])C1C(c2ccccc2)=CC=C2CCCC[NH+]21. The minimum Gasteiger partial charge on any atom is -0.544 e. The molecule has 1 N–H and O–H groups in total. The van der Waals surface area contributed by atoms with Crippen LogP contribution in [0.2, 0.25) is 0 Å². The fourth-order valence-electron chi connectivity index (χ4n) is 3.11. The van der Waals surface area contributed by atoms with E-state index >= 15 is 0 Å². The predicted molar refractivity (Wildman–Crippen MR) is 71.0 cm³/mol. The molecule has 0 saturated carbocycles. The molecule has 1 aromatic rings. The summed E-state index contributed by atoms with van der Waals surface area (Å²) in [5.74, 6) is -0.974. The Morgan fingerprint density at radius 1 is 1.16 bits per heavy atom. The van der Waals surface area contributed by atoms with E-state index in [-0.39, 0.29) is 0 Å². The number of quaternary nitrogens is 1. The van der Waals surface area contributed by atoms with E-state index in [9.17, 15) is 9.90 Å². The Morgan fingerprint density at radius 3 is 2.68 bits per heavy atom. The van der Waals surface area contributed by atoms with Crippen molar-refractivity contribution in [3.63, 3.8) is 0 Å². The maximum atomic E-state index is 11.6. The molecule has 3 rings (SSSR count). The van der Waals surface area contributed by atoms with Crippen molar-refractivity contribution in [2.75, 3.05) is 6.54 Å². The number of carbonyl (C=O) groups excluding carboxylic acids is 1. The second-order valence-electron chi connectivity index (χ2n) is 5.16. The van der Waals surface area contributed by atoms with Crippen molar-refractivity contribution >= 4 is 11.5 Å². The number of piperidine rings is 1. The molecule has 19 heavy (non-hydrogen) atoms. The van der Waals surface area contributed by atoms with Crippen LogP contribution in [0.25, 0.3) is 5.57 Å². The highest BCUT2D eigenvalue weighted by molar-refractivity contribution is 5.89. The van der Waals surface area contributed by atoms with Crippen molar-refractivity contribution in [1.29, 1.82) is 0 Å². The van der Waals surface area contributed by atoms with Gasteiger partial charge in [0.05, 0.1) is 6.54 Å². The average molecular weight is 255 g/mol. The monoisotopic (exact) mass is 255 g/mol. The summed E-state index contributed by atoms with van der Waals surface area (Å²) < 4.78 is 0. The summed E-state index contributed by atoms with van der Waals surface area (Å²) in [6, 6.07) is 9.17. The van der Waals surface area contributed by atoms with Crippen molar-refractivity contribution in [2.24, 2.45) is 0 Å². The molecule has 2 heterocycles. The fraction of sp³-hybridized carbons (Fsp3) is 0.312. The van der Waals surface area contributed by atoms with Gasteiger partial charge in [0.1, 0.15) is 11.7 Å². The van der Waals surface area contributed by atoms with Crippen LogP contribution in [-0.2, 0) is 4.79 Å². The molecule has 2 unspecified atom stereocenters. The number of carboxylic acids is 1. The molecule has 0 radical (unpaired) electrons. The van der Waals surface area contributed by atoms with Crippen LogP contribution < -0.4 is 10.0 Å². The Hall–Kier alpha value is -1.87. The quantitative estimate of drug-likeness (QED) is 0.818. The van der Waals surface area contributed by atoms with Crippen LogP contribution in [-0.4, -0.2) is 18.6 Å². The summed E-state index contributed by atoms with van der Waals surface area (Å²) in [6.45, 7) is 0.884. The van der Waals surface area contributed by atoms with Gasteiger partial charge in [-0.15, -0.1) is 0 Å². The Bertz CT molecular complexity index is 545. The highest BCUT2D eigenvalue weighted by Crippen LogP contribution is 2.22. The lowest BCUT2D eigenvalue weighted by Crippen LogP contribution is -3.16. The third kappa shape index (κ3) is 2.22. The smallest absolute Gasteiger partial charge is 0.158 e. The number of carboxylic acid groups (broad SMARTS) is 1. The first kappa shape index (κ1) is 12.2. The predicted octanol–water partition coefficient (Wildman–Crippen LogP) is 0.155. The van der Waals surface area contributed by atoms with Crippen molar-refractivity contribution in [3.8, 4) is 0 Å². The molecule has 2 atom stereocenters. The first-order valence-electron chi connectivity index (χ1n) is 6.80. The molecule has 1 aromatic carbocycles. The zero-order chi connectivity index (χ0) is 13.2. The van der Waals surface area contributed by atoms with E-state index in [0.717, 1.165) is 41.8 Å². The lowest BCUT2D eigenvalue weighted by atomic mass is 9.90. The maximum absolute atomic E-state index is 11.6. The molecule has 0 spiro atoms. The molecule has 98 valence electrons. The lowest BCUT2D eigenvalue weighted by Gasteiger charge is -2.37. The van der Waals surface area contributed by atoms with E-state index in [1.807, 2.05) is 36.4 Å². The van der Waals surface area contributed by atoms with Gasteiger partial charge in [-0.25, -0.2) is 0 Å². The number of carbonyl (C=O) groups is 1. The van der Waals surface area contributed by atoms with E-state index in [2.05, 4.69) is 6.08 Å². The van der Waals surface area contributed by atoms with Crippen LogP contribution in [0.3, 0.4) is 0 Å². The van der Waals surface area contributed by atoms with Gasteiger partial charge in [0.2, 0.25) is 0 Å². The molecular formula is C16H17NO2. The minimum absolute atomic E-state index is 0.567. The Balaban J connectivity index is 2.04. The van der Waals surface area contributed by atoms with Crippen molar-refractivity contribution < 1.29 is 14.8 Å². The van der Waals surface area contributed by atoms with Crippen LogP contribution in [0.5, 0.6) is 0 Å². The normalized spacial score (nSPS) is 26.1. The van der Waals surface area contributed by atoms with E-state index < -0.39 is 12.0 Å². The first-order valence-corrected chi connectivity index (χ1v) is 6.80. The summed E-state index contributed by atoms with van der Waals surface area (Å²) in [5.41, 5.74) is 3.05. The van der Waals surface area contributed by atoms with Crippen molar-refractivity contribution in [1.82, 2.24) is 0 Å². The molecule has 2 aliphatic heterocycles. The van der Waals surface area contributed by atoms with Crippen LogP contribution in [0.15, 0.2) is 48.2 Å². The van der Waals surface area contributed by atoms with Crippen LogP contribution >= 0.6 is 0 Å². The zero-order valence-corrected chi connectivity index (χ0v) is 10.8. The number of hydrogen-bond acceptors (Lipinski definition) is 2. The van der Waals surface area contributed by atoms with Gasteiger partial charge in [0.25, 0.3) is 0 Å². The van der Waals surface area contributed by atoms with Crippen molar-refractivity contribution in [3.05, 3.63) is 53.7 Å². The highest BCUT2D eigenvalue weighted by atomic mass is 16.4. The van der Waals surface area contributed by atoms with E-state index in [0.29, 0.717) is 0 Å². The topological polar surface area (TPSA) is 44.6 Å². The Morgan fingerprint density at radius 2 is 1.95 bits per heavy atom. The van der Waals surface area contributed by atoms with Gasteiger partial charge in [0, 0.05) is 12.0 Å². The molecule has 1 fully saturated rings. The second-order valence-corrected chi connectivity index (χ2v) is 5.16. The van der Waals surface area contributed by atoms with Gasteiger partial charge in [-0.3, -0.25) is 4.90 Å². The van der Waals surface area contributed by atoms with E-state index in [4.69, 9.17) is 0 Å². The Kier molecular flexibility index (Phi) is 3.22. The Labute approximate surface area is 112 Å². The number of fused-ring (bicyclic) bond motifs is 1. The number of rotatable bonds is 2. The van der Waals surface area contributed by atoms with Gasteiger partial charge in [0.15, 0.2) is 6.04 Å². The molecular weight excluding hydrogens is 238 g/mol. The molecule has 2 aliphatic rings. The third-order valence-electron chi connectivity index (χ3n) is 4.02. The van der Waals surface area contributed by atoms with E-state index in [1.54, 1.807) is 0 Å². The van der Waals surface area contributed by atoms with E-state index in [1.165, 1.54) is 5.70 Å². The molecule has 1 saturated heterocycles. The van der Waals surface area contributed by atoms with Gasteiger partial charge in [-0.1, -0.05) is 30.3 Å². The number of hydrogen-bond donors (Lipinski definition) is 1. The lowest BCUT2D eigenvalue weighted by molar-refractivity contribution is -0.878. The largest absolute Gasteiger partial charge is 0.544 e. The van der Waals surface area contributed by atoms with Crippen LogP contribution in [0, 0.1) is 0 Å². The maximum Gasteiger partial charge on any atom is 0.158 e. The summed E-state index contributed by atoms with van der Waals surface area (Å²) in [7, 11) is 0. The standard InChI is InChI=1S/C16H17NO2/c18-16(19)15-14(12-6-2-1-3-7-12)10-9-13-8-4-5-11-17(13)15/h1-3,6-7,9-10,15H,4-5,8,11H2,(H,18,19). The highest BCUT2D eigenvalue weighted by Gasteiger charge is 2.35. The number of nitrogens with one attached hydrogen (secondary N) is 1. The molecule has 0 aliphatic carbocycles. The summed E-state index contributed by atoms with van der Waals surface area (Å²) in [5, 5.41) is 11.6. The molecule has 3 heteroatoms.